The maximum Gasteiger partial charge on any atom is -0.00197 e. The maximum absolute atomic E-state index is 3.39. The summed E-state index contributed by atoms with van der Waals surface area (Å²) in [5, 5.41) is 3.39. The number of hydrogen-bond donors (Lipinski definition) is 1. The quantitative estimate of drug-likeness (QED) is 0.627. The van der Waals surface area contributed by atoms with Crippen molar-refractivity contribution in [2.75, 3.05) is 24.6 Å². The molecule has 0 bridgehead atoms. The molecule has 0 radical (unpaired) electrons. The van der Waals surface area contributed by atoms with Crippen molar-refractivity contribution in [2.45, 2.75) is 19.8 Å². The van der Waals surface area contributed by atoms with Crippen LogP contribution in [0.5, 0.6) is 0 Å². The number of rotatable bonds is 4. The molecule has 1 heterocycles. The Morgan fingerprint density at radius 3 is 3.10 bits per heavy atom. The van der Waals surface area contributed by atoms with Gasteiger partial charge in [0.15, 0.2) is 0 Å². The van der Waals surface area contributed by atoms with E-state index in [-0.39, 0.29) is 0 Å². The molecule has 60 valence electrons. The minimum absolute atomic E-state index is 0.985. The van der Waals surface area contributed by atoms with E-state index in [0.717, 1.165) is 5.92 Å². The summed E-state index contributed by atoms with van der Waals surface area (Å²) < 4.78 is 0. The fraction of sp³-hybridized carbons (Fsp3) is 1.00. The van der Waals surface area contributed by atoms with Crippen LogP contribution in [0.4, 0.5) is 0 Å². The van der Waals surface area contributed by atoms with Crippen LogP contribution in [0.15, 0.2) is 0 Å². The minimum Gasteiger partial charge on any atom is -0.316 e. The number of hydrogen-bond acceptors (Lipinski definition) is 2. The topological polar surface area (TPSA) is 12.0 Å². The molecular formula is C8H17NS. The summed E-state index contributed by atoms with van der Waals surface area (Å²) in [6.07, 6.45) is 2.83. The third kappa shape index (κ3) is 2.93. The summed E-state index contributed by atoms with van der Waals surface area (Å²) in [4.78, 5) is 0. The molecule has 1 aliphatic rings. The predicted molar refractivity (Wildman–Crippen MR) is 48.6 cm³/mol. The zero-order chi connectivity index (χ0) is 7.23. The summed E-state index contributed by atoms with van der Waals surface area (Å²) in [7, 11) is 0. The van der Waals surface area contributed by atoms with Gasteiger partial charge in [-0.15, -0.1) is 0 Å². The van der Waals surface area contributed by atoms with Crippen molar-refractivity contribution in [2.24, 2.45) is 5.92 Å². The van der Waals surface area contributed by atoms with Crippen LogP contribution in [-0.4, -0.2) is 24.6 Å². The van der Waals surface area contributed by atoms with Gasteiger partial charge < -0.3 is 5.32 Å². The van der Waals surface area contributed by atoms with Gasteiger partial charge in [-0.3, -0.25) is 0 Å². The van der Waals surface area contributed by atoms with Crippen molar-refractivity contribution in [3.63, 3.8) is 0 Å². The van der Waals surface area contributed by atoms with Gasteiger partial charge in [0, 0.05) is 0 Å². The summed E-state index contributed by atoms with van der Waals surface area (Å²) in [5.41, 5.74) is 0. The largest absolute Gasteiger partial charge is 0.316 e. The Morgan fingerprint density at radius 2 is 2.50 bits per heavy atom. The molecule has 0 aliphatic carbocycles. The molecule has 1 aliphatic heterocycles. The van der Waals surface area contributed by atoms with E-state index in [2.05, 4.69) is 24.0 Å². The average Bonchev–Trinajstić information content (AvgIpc) is 2.41. The summed E-state index contributed by atoms with van der Waals surface area (Å²) in [6, 6.07) is 0. The molecule has 1 atom stereocenters. The number of nitrogens with one attached hydrogen (secondary N) is 1. The molecule has 0 aromatic heterocycles. The highest BCUT2D eigenvalue weighted by Crippen LogP contribution is 2.15. The molecular weight excluding hydrogens is 142 g/mol. The first-order valence-electron chi connectivity index (χ1n) is 4.22. The molecule has 2 heteroatoms. The first-order valence-corrected chi connectivity index (χ1v) is 5.37. The van der Waals surface area contributed by atoms with Gasteiger partial charge in [0.25, 0.3) is 0 Å². The van der Waals surface area contributed by atoms with Gasteiger partial charge in [0.05, 0.1) is 0 Å². The lowest BCUT2D eigenvalue weighted by Crippen LogP contribution is -2.09. The Kier molecular flexibility index (Phi) is 4.23. The lowest BCUT2D eigenvalue weighted by Gasteiger charge is -2.05. The third-order valence-electron chi connectivity index (χ3n) is 2.04. The Bertz CT molecular complexity index is 79.3. The number of thioether (sulfide) groups is 1. The summed E-state index contributed by atoms with van der Waals surface area (Å²) in [5.74, 6) is 3.63. The summed E-state index contributed by atoms with van der Waals surface area (Å²) >= 11 is 2.07. The Morgan fingerprint density at radius 1 is 1.60 bits per heavy atom. The second kappa shape index (κ2) is 5.03. The lowest BCUT2D eigenvalue weighted by molar-refractivity contribution is 0.568. The van der Waals surface area contributed by atoms with Crippen LogP contribution in [0, 0.1) is 5.92 Å². The van der Waals surface area contributed by atoms with Crippen molar-refractivity contribution in [3.05, 3.63) is 0 Å². The van der Waals surface area contributed by atoms with Gasteiger partial charge in [-0.2, -0.15) is 11.8 Å². The molecule has 0 saturated carbocycles. The molecule has 1 unspecified atom stereocenters. The molecule has 0 aromatic rings. The van der Waals surface area contributed by atoms with E-state index in [1.54, 1.807) is 0 Å². The maximum atomic E-state index is 3.39. The first kappa shape index (κ1) is 8.41. The Labute approximate surface area is 68.0 Å². The van der Waals surface area contributed by atoms with Crippen LogP contribution in [0.1, 0.15) is 19.8 Å². The van der Waals surface area contributed by atoms with E-state index in [1.807, 2.05) is 0 Å². The van der Waals surface area contributed by atoms with Crippen LogP contribution in [0.2, 0.25) is 0 Å². The molecule has 1 rings (SSSR count). The van der Waals surface area contributed by atoms with E-state index < -0.39 is 0 Å². The second-order valence-corrected chi connectivity index (χ2v) is 4.24. The molecule has 1 nitrogen and oxygen atoms in total. The van der Waals surface area contributed by atoms with Crippen molar-refractivity contribution in [1.29, 1.82) is 0 Å². The van der Waals surface area contributed by atoms with Gasteiger partial charge in [0.2, 0.25) is 0 Å². The normalized spacial score (nSPS) is 25.5. The molecule has 1 saturated heterocycles. The van der Waals surface area contributed by atoms with Gasteiger partial charge in [-0.1, -0.05) is 6.92 Å². The van der Waals surface area contributed by atoms with E-state index in [0.29, 0.717) is 0 Å². The zero-order valence-corrected chi connectivity index (χ0v) is 7.54. The third-order valence-corrected chi connectivity index (χ3v) is 2.97. The standard InChI is InChI=1S/C8H17NS/c1-2-10-6-4-8-3-5-9-7-8/h8-9H,2-7H2,1H3. The van der Waals surface area contributed by atoms with Crippen molar-refractivity contribution < 1.29 is 0 Å². The monoisotopic (exact) mass is 159 g/mol. The highest BCUT2D eigenvalue weighted by atomic mass is 32.2. The van der Waals surface area contributed by atoms with Gasteiger partial charge in [0.1, 0.15) is 0 Å². The van der Waals surface area contributed by atoms with Crippen molar-refractivity contribution in [1.82, 2.24) is 5.32 Å². The van der Waals surface area contributed by atoms with Crippen LogP contribution in [0.3, 0.4) is 0 Å². The van der Waals surface area contributed by atoms with Gasteiger partial charge >= 0.3 is 0 Å². The van der Waals surface area contributed by atoms with E-state index in [9.17, 15) is 0 Å². The van der Waals surface area contributed by atoms with Crippen LogP contribution >= 0.6 is 11.8 Å². The van der Waals surface area contributed by atoms with Crippen LogP contribution in [-0.2, 0) is 0 Å². The molecule has 1 fully saturated rings. The lowest BCUT2D eigenvalue weighted by atomic mass is 10.1. The summed E-state index contributed by atoms with van der Waals surface area (Å²) in [6.45, 7) is 4.75. The van der Waals surface area contributed by atoms with Crippen molar-refractivity contribution >= 4 is 11.8 Å². The predicted octanol–water partition coefficient (Wildman–Crippen LogP) is 1.74. The van der Waals surface area contributed by atoms with Crippen molar-refractivity contribution in [3.8, 4) is 0 Å². The smallest absolute Gasteiger partial charge is 0.00197 e. The molecule has 0 amide bonds. The highest BCUT2D eigenvalue weighted by molar-refractivity contribution is 7.99. The van der Waals surface area contributed by atoms with E-state index >= 15 is 0 Å². The van der Waals surface area contributed by atoms with E-state index in [1.165, 1.54) is 37.4 Å². The van der Waals surface area contributed by atoms with Crippen LogP contribution < -0.4 is 5.32 Å². The fourth-order valence-corrected chi connectivity index (χ4v) is 2.14. The van der Waals surface area contributed by atoms with Gasteiger partial charge in [-0.25, -0.2) is 0 Å². The Balaban J connectivity index is 1.91. The van der Waals surface area contributed by atoms with E-state index in [4.69, 9.17) is 0 Å². The van der Waals surface area contributed by atoms with Crippen LogP contribution in [0.25, 0.3) is 0 Å². The first-order chi connectivity index (χ1) is 4.93. The molecule has 0 spiro atoms. The molecule has 0 aromatic carbocycles. The zero-order valence-electron chi connectivity index (χ0n) is 6.73. The molecule has 1 N–H and O–H groups in total. The average molecular weight is 159 g/mol. The minimum atomic E-state index is 0.985. The SMILES string of the molecule is CCSCCC1CCNC1. The molecule has 10 heavy (non-hydrogen) atoms. The van der Waals surface area contributed by atoms with Gasteiger partial charge in [-0.05, 0) is 43.4 Å². The second-order valence-electron chi connectivity index (χ2n) is 2.84. The fourth-order valence-electron chi connectivity index (χ4n) is 1.36. The Hall–Kier alpha value is 0.310. The highest BCUT2D eigenvalue weighted by Gasteiger charge is 2.12.